The maximum atomic E-state index is 12.8. The summed E-state index contributed by atoms with van der Waals surface area (Å²) in [7, 11) is 0. The molecule has 6 nitrogen and oxygen atoms in total. The van der Waals surface area contributed by atoms with Gasteiger partial charge in [0.15, 0.2) is 0 Å². The topological polar surface area (TPSA) is 98.7 Å². The zero-order valence-electron chi connectivity index (χ0n) is 22.2. The summed E-state index contributed by atoms with van der Waals surface area (Å²) in [6, 6.07) is -1.06. The molecule has 34 heavy (non-hydrogen) atoms. The molecular formula is C28H52N2O4. The quantitative estimate of drug-likeness (QED) is 0.307. The van der Waals surface area contributed by atoms with Crippen LogP contribution in [0.15, 0.2) is 0 Å². The first kappa shape index (κ1) is 29.1. The SMILES string of the molecule is CC(C)C[C@H](NC(=O)CC1CCCCC1)[C@@H](O)[C@H](O)[C@H](CC(C)C)NC(=O)CC1CCCCC1. The standard InChI is InChI=1S/C28H52N2O4/c1-19(2)15-23(29-25(31)17-21-11-7-5-8-12-21)27(33)28(34)24(16-20(3)4)30-26(32)18-22-13-9-6-10-14-22/h19-24,27-28,33-34H,5-18H2,1-4H3,(H,29,31)(H,30,32)/t23-,24-,27+,28+/m0/s1. The summed E-state index contributed by atoms with van der Waals surface area (Å²) in [5.41, 5.74) is 0. The minimum Gasteiger partial charge on any atom is -0.388 e. The van der Waals surface area contributed by atoms with Crippen LogP contribution in [0.25, 0.3) is 0 Å². The normalized spacial score (nSPS) is 21.8. The largest absolute Gasteiger partial charge is 0.388 e. The number of aliphatic hydroxyl groups excluding tert-OH is 2. The molecule has 2 aliphatic carbocycles. The van der Waals surface area contributed by atoms with Crippen LogP contribution >= 0.6 is 0 Å². The highest BCUT2D eigenvalue weighted by molar-refractivity contribution is 5.77. The van der Waals surface area contributed by atoms with Gasteiger partial charge in [-0.3, -0.25) is 9.59 Å². The van der Waals surface area contributed by atoms with E-state index in [0.29, 0.717) is 37.5 Å². The van der Waals surface area contributed by atoms with Crippen molar-refractivity contribution in [3.05, 3.63) is 0 Å². The van der Waals surface area contributed by atoms with Gasteiger partial charge in [0, 0.05) is 12.8 Å². The molecule has 2 amide bonds. The lowest BCUT2D eigenvalue weighted by atomic mass is 9.85. The van der Waals surface area contributed by atoms with Gasteiger partial charge in [-0.1, -0.05) is 66.2 Å². The maximum absolute atomic E-state index is 12.8. The van der Waals surface area contributed by atoms with Gasteiger partial charge in [-0.15, -0.1) is 0 Å². The average Bonchev–Trinajstić information content (AvgIpc) is 2.78. The lowest BCUT2D eigenvalue weighted by Crippen LogP contribution is -2.56. The van der Waals surface area contributed by atoms with Gasteiger partial charge in [0.05, 0.1) is 12.1 Å². The zero-order chi connectivity index (χ0) is 25.1. The van der Waals surface area contributed by atoms with Crippen molar-refractivity contribution in [2.75, 3.05) is 0 Å². The second-order valence-electron chi connectivity index (χ2n) is 12.0. The van der Waals surface area contributed by atoms with Gasteiger partial charge in [-0.25, -0.2) is 0 Å². The molecule has 0 radical (unpaired) electrons. The van der Waals surface area contributed by atoms with Gasteiger partial charge in [0.2, 0.25) is 11.8 Å². The van der Waals surface area contributed by atoms with Crippen LogP contribution in [0, 0.1) is 23.7 Å². The first-order chi connectivity index (χ1) is 16.2. The van der Waals surface area contributed by atoms with Crippen LogP contribution in [0.1, 0.15) is 118 Å². The van der Waals surface area contributed by atoms with E-state index in [1.807, 2.05) is 0 Å². The molecule has 0 saturated heterocycles. The minimum absolute atomic E-state index is 0.0365. The molecule has 6 heteroatoms. The van der Waals surface area contributed by atoms with Crippen molar-refractivity contribution in [3.8, 4) is 0 Å². The summed E-state index contributed by atoms with van der Waals surface area (Å²) in [6.45, 7) is 8.21. The highest BCUT2D eigenvalue weighted by atomic mass is 16.3. The Morgan fingerprint density at radius 3 is 1.26 bits per heavy atom. The fraction of sp³-hybridized carbons (Fsp3) is 0.929. The molecular weight excluding hydrogens is 428 g/mol. The fourth-order valence-corrected chi connectivity index (χ4v) is 5.90. The second kappa shape index (κ2) is 15.1. The van der Waals surface area contributed by atoms with E-state index in [-0.39, 0.29) is 23.7 Å². The molecule has 0 bridgehead atoms. The van der Waals surface area contributed by atoms with Gasteiger partial charge in [-0.05, 0) is 62.2 Å². The van der Waals surface area contributed by atoms with Crippen molar-refractivity contribution in [1.29, 1.82) is 0 Å². The number of hydrogen-bond donors (Lipinski definition) is 4. The highest BCUT2D eigenvalue weighted by Crippen LogP contribution is 2.28. The third-order valence-electron chi connectivity index (χ3n) is 7.72. The molecule has 0 aromatic rings. The van der Waals surface area contributed by atoms with E-state index in [4.69, 9.17) is 0 Å². The molecule has 2 fully saturated rings. The molecule has 0 aromatic carbocycles. The third kappa shape index (κ3) is 10.6. The Hall–Kier alpha value is -1.14. The van der Waals surface area contributed by atoms with Gasteiger partial charge >= 0.3 is 0 Å². The Labute approximate surface area is 208 Å². The summed E-state index contributed by atoms with van der Waals surface area (Å²) in [5.74, 6) is 1.28. The zero-order valence-corrected chi connectivity index (χ0v) is 22.2. The van der Waals surface area contributed by atoms with Crippen LogP contribution in [0.4, 0.5) is 0 Å². The van der Waals surface area contributed by atoms with E-state index in [0.717, 1.165) is 25.7 Å². The van der Waals surface area contributed by atoms with Crippen LogP contribution in [0.2, 0.25) is 0 Å². The lowest BCUT2D eigenvalue weighted by molar-refractivity contribution is -0.128. The molecule has 0 aromatic heterocycles. The van der Waals surface area contributed by atoms with E-state index in [1.165, 1.54) is 38.5 Å². The van der Waals surface area contributed by atoms with Crippen LogP contribution in [-0.4, -0.2) is 46.3 Å². The molecule has 2 saturated carbocycles. The maximum Gasteiger partial charge on any atom is 0.220 e. The molecule has 0 spiro atoms. The predicted molar refractivity (Wildman–Crippen MR) is 137 cm³/mol. The first-order valence-electron chi connectivity index (χ1n) is 14.1. The van der Waals surface area contributed by atoms with E-state index >= 15 is 0 Å². The Kier molecular flexibility index (Phi) is 12.9. The van der Waals surface area contributed by atoms with E-state index in [2.05, 4.69) is 38.3 Å². The van der Waals surface area contributed by atoms with E-state index in [9.17, 15) is 19.8 Å². The first-order valence-corrected chi connectivity index (χ1v) is 14.1. The van der Waals surface area contributed by atoms with Crippen molar-refractivity contribution in [2.24, 2.45) is 23.7 Å². The Bertz CT molecular complexity index is 545. The summed E-state index contributed by atoms with van der Waals surface area (Å²) in [4.78, 5) is 25.6. The molecule has 0 heterocycles. The van der Waals surface area contributed by atoms with Gasteiger partial charge in [0.1, 0.15) is 12.2 Å². The number of rotatable bonds is 13. The molecule has 198 valence electrons. The molecule has 2 rings (SSSR count). The monoisotopic (exact) mass is 480 g/mol. The molecule has 2 aliphatic rings. The number of nitrogens with one attached hydrogen (secondary N) is 2. The summed E-state index contributed by atoms with van der Waals surface area (Å²) >= 11 is 0. The third-order valence-corrected chi connectivity index (χ3v) is 7.72. The number of amides is 2. The summed E-state index contributed by atoms with van der Waals surface area (Å²) < 4.78 is 0. The van der Waals surface area contributed by atoms with Crippen molar-refractivity contribution in [2.45, 2.75) is 142 Å². The summed E-state index contributed by atoms with van der Waals surface area (Å²) in [5, 5.41) is 28.4. The van der Waals surface area contributed by atoms with Crippen molar-refractivity contribution in [1.82, 2.24) is 10.6 Å². The fourth-order valence-electron chi connectivity index (χ4n) is 5.90. The number of hydrogen-bond acceptors (Lipinski definition) is 4. The second-order valence-corrected chi connectivity index (χ2v) is 12.0. The number of aliphatic hydroxyl groups is 2. The molecule has 0 aliphatic heterocycles. The summed E-state index contributed by atoms with van der Waals surface area (Å²) in [6.07, 6.45) is 11.5. The van der Waals surface area contributed by atoms with Crippen LogP contribution in [-0.2, 0) is 9.59 Å². The van der Waals surface area contributed by atoms with Crippen LogP contribution in [0.5, 0.6) is 0 Å². The Morgan fingerprint density at radius 1 is 0.647 bits per heavy atom. The van der Waals surface area contributed by atoms with E-state index < -0.39 is 24.3 Å². The van der Waals surface area contributed by atoms with Crippen molar-refractivity contribution >= 4 is 11.8 Å². The van der Waals surface area contributed by atoms with Crippen LogP contribution < -0.4 is 10.6 Å². The van der Waals surface area contributed by atoms with Gasteiger partial charge in [0.25, 0.3) is 0 Å². The predicted octanol–water partition coefficient (Wildman–Crippen LogP) is 4.71. The molecule has 4 N–H and O–H groups in total. The number of carbonyl (C=O) groups excluding carboxylic acids is 2. The Balaban J connectivity index is 2.00. The minimum atomic E-state index is -1.13. The smallest absolute Gasteiger partial charge is 0.220 e. The van der Waals surface area contributed by atoms with Gasteiger partial charge in [-0.2, -0.15) is 0 Å². The molecule has 0 unspecified atom stereocenters. The Morgan fingerprint density at radius 2 is 0.971 bits per heavy atom. The van der Waals surface area contributed by atoms with E-state index in [1.54, 1.807) is 0 Å². The van der Waals surface area contributed by atoms with Crippen molar-refractivity contribution in [3.63, 3.8) is 0 Å². The van der Waals surface area contributed by atoms with Crippen molar-refractivity contribution < 1.29 is 19.8 Å². The number of carbonyl (C=O) groups is 2. The highest BCUT2D eigenvalue weighted by Gasteiger charge is 2.35. The molecule has 4 atom stereocenters. The average molecular weight is 481 g/mol. The lowest BCUT2D eigenvalue weighted by Gasteiger charge is -2.35. The van der Waals surface area contributed by atoms with Crippen LogP contribution in [0.3, 0.4) is 0 Å². The van der Waals surface area contributed by atoms with Gasteiger partial charge < -0.3 is 20.8 Å².